The fraction of sp³-hybridized carbons (Fsp3) is 0.263. The zero-order valence-corrected chi connectivity index (χ0v) is 14.6. The Morgan fingerprint density at radius 1 is 1.35 bits per heavy atom. The highest BCUT2D eigenvalue weighted by Crippen LogP contribution is 2.22. The van der Waals surface area contributed by atoms with Crippen molar-refractivity contribution >= 4 is 16.7 Å². The number of nitrogens with zero attached hydrogens (tertiary/aromatic N) is 4. The molecule has 1 aromatic carbocycles. The average Bonchev–Trinajstić information content (AvgIpc) is 3.08. The van der Waals surface area contributed by atoms with Gasteiger partial charge in [0.25, 0.3) is 5.91 Å². The molecule has 2 N–H and O–H groups in total. The SMILES string of the molecule is Cc1c(C(=O)NCC2=CCNCC2)nnn1-c1cccc2cnccc12. The van der Waals surface area contributed by atoms with Crippen molar-refractivity contribution in [3.63, 3.8) is 0 Å². The molecule has 26 heavy (non-hydrogen) atoms. The summed E-state index contributed by atoms with van der Waals surface area (Å²) >= 11 is 0. The van der Waals surface area contributed by atoms with Crippen LogP contribution in [0.3, 0.4) is 0 Å². The van der Waals surface area contributed by atoms with Gasteiger partial charge in [-0.3, -0.25) is 9.78 Å². The molecule has 1 amide bonds. The van der Waals surface area contributed by atoms with E-state index in [9.17, 15) is 4.79 Å². The third-order valence-corrected chi connectivity index (χ3v) is 4.63. The van der Waals surface area contributed by atoms with E-state index in [0.29, 0.717) is 17.9 Å². The van der Waals surface area contributed by atoms with E-state index in [2.05, 4.69) is 32.0 Å². The van der Waals surface area contributed by atoms with E-state index in [4.69, 9.17) is 0 Å². The molecule has 0 bridgehead atoms. The molecular formula is C19H20N6O. The molecule has 4 rings (SSSR count). The van der Waals surface area contributed by atoms with Crippen LogP contribution in [0.4, 0.5) is 0 Å². The number of aromatic nitrogens is 4. The van der Waals surface area contributed by atoms with Gasteiger partial charge in [0.05, 0.1) is 11.4 Å². The highest BCUT2D eigenvalue weighted by Gasteiger charge is 2.18. The lowest BCUT2D eigenvalue weighted by Crippen LogP contribution is -2.30. The lowest BCUT2D eigenvalue weighted by atomic mass is 10.1. The lowest BCUT2D eigenvalue weighted by molar-refractivity contribution is 0.0951. The van der Waals surface area contributed by atoms with Crippen molar-refractivity contribution in [1.82, 2.24) is 30.6 Å². The van der Waals surface area contributed by atoms with Crippen LogP contribution in [0.5, 0.6) is 0 Å². The monoisotopic (exact) mass is 348 g/mol. The Labute approximate surface area is 151 Å². The fourth-order valence-electron chi connectivity index (χ4n) is 3.17. The van der Waals surface area contributed by atoms with Gasteiger partial charge in [-0.1, -0.05) is 29.0 Å². The molecule has 1 aliphatic rings. The molecule has 0 saturated carbocycles. The van der Waals surface area contributed by atoms with Gasteiger partial charge >= 0.3 is 0 Å². The van der Waals surface area contributed by atoms with E-state index in [-0.39, 0.29) is 5.91 Å². The van der Waals surface area contributed by atoms with Crippen LogP contribution < -0.4 is 10.6 Å². The molecule has 0 fully saturated rings. The van der Waals surface area contributed by atoms with Crippen molar-refractivity contribution in [3.8, 4) is 5.69 Å². The first-order valence-corrected chi connectivity index (χ1v) is 8.66. The second-order valence-electron chi connectivity index (χ2n) is 6.31. The molecule has 0 aliphatic carbocycles. The largest absolute Gasteiger partial charge is 0.347 e. The third kappa shape index (κ3) is 3.09. The smallest absolute Gasteiger partial charge is 0.274 e. The Morgan fingerprint density at radius 3 is 3.12 bits per heavy atom. The highest BCUT2D eigenvalue weighted by molar-refractivity contribution is 5.94. The zero-order chi connectivity index (χ0) is 17.9. The summed E-state index contributed by atoms with van der Waals surface area (Å²) in [5.74, 6) is -0.199. The first-order valence-electron chi connectivity index (χ1n) is 8.66. The van der Waals surface area contributed by atoms with Crippen molar-refractivity contribution in [2.45, 2.75) is 13.3 Å². The van der Waals surface area contributed by atoms with Crippen molar-refractivity contribution in [1.29, 1.82) is 0 Å². The van der Waals surface area contributed by atoms with Crippen LogP contribution in [0.2, 0.25) is 0 Å². The lowest BCUT2D eigenvalue weighted by Gasteiger charge is -2.14. The summed E-state index contributed by atoms with van der Waals surface area (Å²) in [6, 6.07) is 7.85. The van der Waals surface area contributed by atoms with Gasteiger partial charge in [0.1, 0.15) is 0 Å². The van der Waals surface area contributed by atoms with Gasteiger partial charge in [-0.05, 0) is 32.0 Å². The van der Waals surface area contributed by atoms with Crippen LogP contribution >= 0.6 is 0 Å². The van der Waals surface area contributed by atoms with E-state index in [1.807, 2.05) is 37.4 Å². The summed E-state index contributed by atoms with van der Waals surface area (Å²) in [5.41, 5.74) is 3.19. The van der Waals surface area contributed by atoms with Crippen molar-refractivity contribution < 1.29 is 4.79 Å². The summed E-state index contributed by atoms with van der Waals surface area (Å²) in [4.78, 5) is 16.7. The quantitative estimate of drug-likeness (QED) is 0.702. The van der Waals surface area contributed by atoms with E-state index >= 15 is 0 Å². The van der Waals surface area contributed by atoms with Crippen LogP contribution in [0, 0.1) is 6.92 Å². The number of carbonyl (C=O) groups is 1. The Kier molecular flexibility index (Phi) is 4.45. The predicted molar refractivity (Wildman–Crippen MR) is 99.3 cm³/mol. The number of carbonyl (C=O) groups excluding carboxylic acids is 1. The minimum atomic E-state index is -0.199. The zero-order valence-electron chi connectivity index (χ0n) is 14.6. The summed E-state index contributed by atoms with van der Waals surface area (Å²) in [7, 11) is 0. The molecule has 132 valence electrons. The topological polar surface area (TPSA) is 84.7 Å². The molecule has 7 heteroatoms. The van der Waals surface area contributed by atoms with Crippen LogP contribution in [-0.4, -0.2) is 45.5 Å². The normalized spacial score (nSPS) is 14.3. The maximum atomic E-state index is 12.5. The summed E-state index contributed by atoms with van der Waals surface area (Å²) in [6.07, 6.45) is 6.64. The Bertz CT molecular complexity index is 985. The first-order chi connectivity index (χ1) is 12.7. The van der Waals surface area contributed by atoms with E-state index in [1.165, 1.54) is 5.57 Å². The second kappa shape index (κ2) is 7.05. The van der Waals surface area contributed by atoms with Crippen LogP contribution in [-0.2, 0) is 0 Å². The Balaban J connectivity index is 1.59. The molecule has 2 aromatic heterocycles. The summed E-state index contributed by atoms with van der Waals surface area (Å²) in [6.45, 7) is 4.22. The van der Waals surface area contributed by atoms with Gasteiger partial charge in [-0.15, -0.1) is 5.10 Å². The number of benzene rings is 1. The molecule has 1 aliphatic heterocycles. The Hall–Kier alpha value is -3.06. The molecule has 3 heterocycles. The molecule has 0 spiro atoms. The molecule has 0 atom stereocenters. The average molecular weight is 348 g/mol. The minimum absolute atomic E-state index is 0.199. The minimum Gasteiger partial charge on any atom is -0.347 e. The number of amides is 1. The molecule has 0 unspecified atom stereocenters. The van der Waals surface area contributed by atoms with Gasteiger partial charge in [-0.2, -0.15) is 0 Å². The van der Waals surface area contributed by atoms with Gasteiger partial charge in [0, 0.05) is 36.3 Å². The summed E-state index contributed by atoms with van der Waals surface area (Å²) in [5, 5.41) is 16.6. The number of pyridine rings is 1. The fourth-order valence-corrected chi connectivity index (χ4v) is 3.17. The number of nitrogens with one attached hydrogen (secondary N) is 2. The van der Waals surface area contributed by atoms with Crippen LogP contribution in [0.15, 0.2) is 48.3 Å². The molecule has 0 saturated heterocycles. The third-order valence-electron chi connectivity index (χ3n) is 4.63. The number of hydrogen-bond donors (Lipinski definition) is 2. The van der Waals surface area contributed by atoms with E-state index < -0.39 is 0 Å². The second-order valence-corrected chi connectivity index (χ2v) is 6.31. The standard InChI is InChI=1S/C19H20N6O/c1-13-18(19(26)22-11-14-5-8-20-9-6-14)23-24-25(13)17-4-2-3-15-12-21-10-7-16(15)17/h2-5,7,10,12,20H,6,8-9,11H2,1H3,(H,22,26). The highest BCUT2D eigenvalue weighted by atomic mass is 16.2. The molecule has 7 nitrogen and oxygen atoms in total. The maximum Gasteiger partial charge on any atom is 0.274 e. The molecular weight excluding hydrogens is 328 g/mol. The predicted octanol–water partition coefficient (Wildman–Crippen LogP) is 1.77. The maximum absolute atomic E-state index is 12.5. The Morgan fingerprint density at radius 2 is 2.27 bits per heavy atom. The van der Waals surface area contributed by atoms with Crippen molar-refractivity contribution in [2.75, 3.05) is 19.6 Å². The van der Waals surface area contributed by atoms with Crippen LogP contribution in [0.1, 0.15) is 22.6 Å². The van der Waals surface area contributed by atoms with Gasteiger partial charge in [0.15, 0.2) is 5.69 Å². The van der Waals surface area contributed by atoms with E-state index in [0.717, 1.165) is 36.0 Å². The number of hydrogen-bond acceptors (Lipinski definition) is 5. The van der Waals surface area contributed by atoms with Crippen molar-refractivity contribution in [2.24, 2.45) is 0 Å². The van der Waals surface area contributed by atoms with Gasteiger partial charge in [-0.25, -0.2) is 4.68 Å². The van der Waals surface area contributed by atoms with E-state index in [1.54, 1.807) is 10.9 Å². The number of fused-ring (bicyclic) bond motifs is 1. The molecule has 3 aromatic rings. The summed E-state index contributed by atoms with van der Waals surface area (Å²) < 4.78 is 1.71. The van der Waals surface area contributed by atoms with Gasteiger partial charge in [0.2, 0.25) is 0 Å². The first kappa shape index (κ1) is 16.4. The number of rotatable bonds is 4. The van der Waals surface area contributed by atoms with Crippen molar-refractivity contribution in [3.05, 3.63) is 59.7 Å². The molecule has 0 radical (unpaired) electrons. The van der Waals surface area contributed by atoms with Crippen LogP contribution in [0.25, 0.3) is 16.5 Å². The van der Waals surface area contributed by atoms with Gasteiger partial charge < -0.3 is 10.6 Å².